The highest BCUT2D eigenvalue weighted by Gasteiger charge is 2.44. The number of anilines is 1. The Morgan fingerprint density at radius 2 is 1.76 bits per heavy atom. The van der Waals surface area contributed by atoms with E-state index < -0.39 is 25.0 Å². The molecule has 0 bridgehead atoms. The van der Waals surface area contributed by atoms with Crippen molar-refractivity contribution in [1.82, 2.24) is 9.80 Å². The van der Waals surface area contributed by atoms with Crippen LogP contribution < -0.4 is 4.90 Å². The molecule has 5 nitrogen and oxygen atoms in total. The number of amides is 1. The maximum atomic E-state index is 12.6. The van der Waals surface area contributed by atoms with Crippen molar-refractivity contribution in [3.8, 4) is 0 Å². The molecule has 2 saturated heterocycles. The third-order valence-electron chi connectivity index (χ3n) is 5.26. The van der Waals surface area contributed by atoms with Gasteiger partial charge in [-0.1, -0.05) is 11.6 Å². The van der Waals surface area contributed by atoms with Gasteiger partial charge < -0.3 is 14.5 Å². The maximum Gasteiger partial charge on any atom is 0.428 e. The van der Waals surface area contributed by atoms with Crippen LogP contribution in [-0.2, 0) is 11.3 Å². The van der Waals surface area contributed by atoms with Gasteiger partial charge >= 0.3 is 12.3 Å². The van der Waals surface area contributed by atoms with Crippen LogP contribution in [0.15, 0.2) is 18.2 Å². The summed E-state index contributed by atoms with van der Waals surface area (Å²) in [5.74, 6) is 0. The molecule has 2 fully saturated rings. The van der Waals surface area contributed by atoms with E-state index in [1.54, 1.807) is 0 Å². The number of carbonyl (C=O) groups is 1. The van der Waals surface area contributed by atoms with Gasteiger partial charge in [-0.2, -0.15) is 13.2 Å². The van der Waals surface area contributed by atoms with Crippen molar-refractivity contribution < 1.29 is 27.1 Å². The fourth-order valence-corrected chi connectivity index (χ4v) is 3.85. The molecule has 1 aromatic rings. The Balaban J connectivity index is 1.56. The number of alkyl halides is 4. The average molecular weight is 438 g/mol. The predicted molar refractivity (Wildman–Crippen MR) is 102 cm³/mol. The summed E-state index contributed by atoms with van der Waals surface area (Å²) in [6.07, 6.45) is -6.46. The summed E-state index contributed by atoms with van der Waals surface area (Å²) in [5.41, 5.74) is 2.23. The van der Waals surface area contributed by atoms with Crippen LogP contribution >= 0.6 is 11.6 Å². The molecule has 1 aromatic carbocycles. The summed E-state index contributed by atoms with van der Waals surface area (Å²) in [4.78, 5) is 17.6. The smallest absolute Gasteiger partial charge is 0.428 e. The number of nitrogens with zero attached hydrogens (tertiary/aromatic N) is 3. The van der Waals surface area contributed by atoms with Gasteiger partial charge in [0.15, 0.2) is 0 Å². The van der Waals surface area contributed by atoms with Crippen molar-refractivity contribution in [3.05, 3.63) is 28.8 Å². The van der Waals surface area contributed by atoms with Gasteiger partial charge in [0.25, 0.3) is 0 Å². The van der Waals surface area contributed by atoms with E-state index in [4.69, 9.17) is 11.6 Å². The molecular weight excluding hydrogens is 414 g/mol. The Morgan fingerprint density at radius 3 is 2.34 bits per heavy atom. The van der Waals surface area contributed by atoms with Crippen LogP contribution in [0.25, 0.3) is 0 Å². The van der Waals surface area contributed by atoms with Gasteiger partial charge in [-0.25, -0.2) is 9.18 Å². The molecule has 10 heteroatoms. The molecule has 1 unspecified atom stereocenters. The first-order chi connectivity index (χ1) is 13.8. The zero-order chi connectivity index (χ0) is 21.0. The molecule has 1 amide bonds. The van der Waals surface area contributed by atoms with Gasteiger partial charge in [-0.15, -0.1) is 0 Å². The van der Waals surface area contributed by atoms with Crippen molar-refractivity contribution in [1.29, 1.82) is 0 Å². The minimum atomic E-state index is -4.91. The van der Waals surface area contributed by atoms with E-state index in [1.165, 1.54) is 4.90 Å². The molecule has 2 aliphatic heterocycles. The maximum absolute atomic E-state index is 12.6. The SMILES string of the molecule is O=C(OC(CF)C(F)(F)F)N1CCN(Cc2cc(Cl)ccc2N2CCCC2)CC1. The molecule has 162 valence electrons. The van der Waals surface area contributed by atoms with Gasteiger partial charge in [0.05, 0.1) is 0 Å². The summed E-state index contributed by atoms with van der Waals surface area (Å²) < 4.78 is 54.6. The van der Waals surface area contributed by atoms with E-state index in [-0.39, 0.29) is 13.1 Å². The van der Waals surface area contributed by atoms with E-state index >= 15 is 0 Å². The number of hydrogen-bond donors (Lipinski definition) is 0. The molecule has 0 aliphatic carbocycles. The van der Waals surface area contributed by atoms with Gasteiger partial charge in [0, 0.05) is 56.5 Å². The molecule has 0 spiro atoms. The standard InChI is InChI=1S/C19H24ClF4N3O2/c20-15-3-4-16(26-5-1-2-6-26)14(11-15)13-25-7-9-27(10-8-25)18(28)29-17(12-21)19(22,23)24/h3-4,11,17H,1-2,5-10,12-13H2. The van der Waals surface area contributed by atoms with E-state index in [1.807, 2.05) is 18.2 Å². The van der Waals surface area contributed by atoms with Crippen molar-refractivity contribution >= 4 is 23.4 Å². The molecule has 29 heavy (non-hydrogen) atoms. The van der Waals surface area contributed by atoms with Crippen molar-refractivity contribution in [2.24, 2.45) is 0 Å². The fraction of sp³-hybridized carbons (Fsp3) is 0.632. The van der Waals surface area contributed by atoms with Crippen molar-refractivity contribution in [2.45, 2.75) is 31.7 Å². The quantitative estimate of drug-likeness (QED) is 0.650. The summed E-state index contributed by atoms with van der Waals surface area (Å²) in [6, 6.07) is 5.82. The first-order valence-corrected chi connectivity index (χ1v) is 9.99. The van der Waals surface area contributed by atoms with Crippen LogP contribution in [0.2, 0.25) is 5.02 Å². The number of hydrogen-bond acceptors (Lipinski definition) is 4. The highest BCUT2D eigenvalue weighted by molar-refractivity contribution is 6.30. The zero-order valence-corrected chi connectivity index (χ0v) is 16.7. The third kappa shape index (κ3) is 5.66. The second kappa shape index (κ2) is 9.38. The van der Waals surface area contributed by atoms with Gasteiger partial charge in [0.1, 0.15) is 6.67 Å². The van der Waals surface area contributed by atoms with Crippen LogP contribution in [-0.4, -0.2) is 74.1 Å². The zero-order valence-electron chi connectivity index (χ0n) is 15.9. The topological polar surface area (TPSA) is 36.0 Å². The number of rotatable bonds is 5. The van der Waals surface area contributed by atoms with Gasteiger partial charge in [0.2, 0.25) is 6.10 Å². The summed E-state index contributed by atoms with van der Waals surface area (Å²) in [5, 5.41) is 0.648. The largest absolute Gasteiger partial charge is 0.434 e. The Kier molecular flexibility index (Phi) is 7.10. The molecule has 2 heterocycles. The highest BCUT2D eigenvalue weighted by atomic mass is 35.5. The van der Waals surface area contributed by atoms with E-state index in [0.29, 0.717) is 24.7 Å². The molecule has 0 radical (unpaired) electrons. The summed E-state index contributed by atoms with van der Waals surface area (Å²) >= 11 is 6.18. The molecule has 1 atom stereocenters. The van der Waals surface area contributed by atoms with Gasteiger partial charge in [-0.3, -0.25) is 4.90 Å². The second-order valence-electron chi connectivity index (χ2n) is 7.30. The van der Waals surface area contributed by atoms with E-state index in [9.17, 15) is 22.4 Å². The van der Waals surface area contributed by atoms with Gasteiger partial charge in [-0.05, 0) is 36.6 Å². The van der Waals surface area contributed by atoms with Crippen molar-refractivity contribution in [3.63, 3.8) is 0 Å². The Labute approximate surface area is 172 Å². The molecule has 2 aliphatic rings. The monoisotopic (exact) mass is 437 g/mol. The molecule has 3 rings (SSSR count). The third-order valence-corrected chi connectivity index (χ3v) is 5.50. The summed E-state index contributed by atoms with van der Waals surface area (Å²) in [7, 11) is 0. The molecule has 0 saturated carbocycles. The first kappa shape index (κ1) is 22.0. The average Bonchev–Trinajstić information content (AvgIpc) is 3.20. The minimum Gasteiger partial charge on any atom is -0.434 e. The van der Waals surface area contributed by atoms with Crippen LogP contribution in [0.1, 0.15) is 18.4 Å². The highest BCUT2D eigenvalue weighted by Crippen LogP contribution is 2.29. The van der Waals surface area contributed by atoms with E-state index in [0.717, 1.165) is 37.2 Å². The van der Waals surface area contributed by atoms with Crippen LogP contribution in [0.4, 0.5) is 28.0 Å². The number of carbonyl (C=O) groups excluding carboxylic acids is 1. The molecule has 0 N–H and O–H groups in total. The summed E-state index contributed by atoms with van der Waals surface area (Å²) in [6.45, 7) is 2.24. The Morgan fingerprint density at radius 1 is 1.10 bits per heavy atom. The first-order valence-electron chi connectivity index (χ1n) is 9.62. The lowest BCUT2D eigenvalue weighted by molar-refractivity contribution is -0.209. The second-order valence-corrected chi connectivity index (χ2v) is 7.74. The van der Waals surface area contributed by atoms with Crippen molar-refractivity contribution in [2.75, 3.05) is 50.8 Å². The number of ether oxygens (including phenoxy) is 1. The van der Waals surface area contributed by atoms with E-state index in [2.05, 4.69) is 14.5 Å². The normalized spacial score (nSPS) is 19.5. The van der Waals surface area contributed by atoms with Crippen LogP contribution in [0.3, 0.4) is 0 Å². The number of benzene rings is 1. The molecule has 0 aromatic heterocycles. The predicted octanol–water partition coefficient (Wildman–Crippen LogP) is 4.09. The Bertz CT molecular complexity index is 705. The Hall–Kier alpha value is -1.74. The number of piperazine rings is 1. The van der Waals surface area contributed by atoms with Crippen LogP contribution in [0, 0.1) is 0 Å². The molecular formula is C19H24ClF4N3O2. The lowest BCUT2D eigenvalue weighted by Crippen LogP contribution is -2.50. The fourth-order valence-electron chi connectivity index (χ4n) is 3.66. The lowest BCUT2D eigenvalue weighted by atomic mass is 10.1. The number of halogens is 5. The minimum absolute atomic E-state index is 0.218. The lowest BCUT2D eigenvalue weighted by Gasteiger charge is -2.35. The van der Waals surface area contributed by atoms with Crippen LogP contribution in [0.5, 0.6) is 0 Å².